The molecule has 1 amide bonds. The van der Waals surface area contributed by atoms with Crippen molar-refractivity contribution in [2.24, 2.45) is 0 Å². The molecule has 0 radical (unpaired) electrons. The third-order valence-electron chi connectivity index (χ3n) is 2.73. The van der Waals surface area contributed by atoms with Gasteiger partial charge < -0.3 is 15.8 Å². The first kappa shape index (κ1) is 14.8. The number of carbonyl (C=O) groups is 1. The SMILES string of the molecule is CCNC(=O)c1ccc(N)c(Oc2ccc(F)cc2F)c1. The Hall–Kier alpha value is -2.63. The normalized spacial score (nSPS) is 10.2. The lowest BCUT2D eigenvalue weighted by Crippen LogP contribution is -2.22. The summed E-state index contributed by atoms with van der Waals surface area (Å²) in [4.78, 5) is 11.7. The van der Waals surface area contributed by atoms with Crippen LogP contribution in [0.4, 0.5) is 14.5 Å². The van der Waals surface area contributed by atoms with E-state index in [1.54, 1.807) is 6.92 Å². The van der Waals surface area contributed by atoms with E-state index in [0.717, 1.165) is 12.1 Å². The van der Waals surface area contributed by atoms with Crippen molar-refractivity contribution in [3.05, 3.63) is 53.6 Å². The molecule has 0 saturated heterocycles. The van der Waals surface area contributed by atoms with E-state index in [4.69, 9.17) is 10.5 Å². The maximum atomic E-state index is 13.6. The van der Waals surface area contributed by atoms with Gasteiger partial charge in [0, 0.05) is 18.2 Å². The van der Waals surface area contributed by atoms with Crippen LogP contribution in [0.2, 0.25) is 0 Å². The van der Waals surface area contributed by atoms with E-state index in [1.165, 1.54) is 18.2 Å². The molecule has 0 fully saturated rings. The van der Waals surface area contributed by atoms with Crippen molar-refractivity contribution in [1.82, 2.24) is 5.32 Å². The highest BCUT2D eigenvalue weighted by Crippen LogP contribution is 2.30. The Morgan fingerprint density at radius 3 is 2.62 bits per heavy atom. The van der Waals surface area contributed by atoms with Crippen LogP contribution in [-0.4, -0.2) is 12.5 Å². The van der Waals surface area contributed by atoms with E-state index in [0.29, 0.717) is 18.2 Å². The maximum Gasteiger partial charge on any atom is 0.251 e. The Morgan fingerprint density at radius 1 is 1.19 bits per heavy atom. The molecule has 0 heterocycles. The van der Waals surface area contributed by atoms with Gasteiger partial charge in [0.05, 0.1) is 5.69 Å². The summed E-state index contributed by atoms with van der Waals surface area (Å²) in [5.41, 5.74) is 6.32. The van der Waals surface area contributed by atoms with Crippen molar-refractivity contribution in [1.29, 1.82) is 0 Å². The molecule has 0 aliphatic rings. The zero-order valence-electron chi connectivity index (χ0n) is 11.3. The summed E-state index contributed by atoms with van der Waals surface area (Å²) in [5.74, 6) is -1.89. The average Bonchev–Trinajstić information content (AvgIpc) is 2.44. The number of halogens is 2. The lowest BCUT2D eigenvalue weighted by atomic mass is 10.1. The van der Waals surface area contributed by atoms with Crippen molar-refractivity contribution in [2.45, 2.75) is 6.92 Å². The van der Waals surface area contributed by atoms with Crippen LogP contribution < -0.4 is 15.8 Å². The number of benzene rings is 2. The fraction of sp³-hybridized carbons (Fsp3) is 0.133. The van der Waals surface area contributed by atoms with Gasteiger partial charge in [0.1, 0.15) is 5.82 Å². The van der Waals surface area contributed by atoms with Crippen LogP contribution in [-0.2, 0) is 0 Å². The first-order chi connectivity index (χ1) is 10.0. The largest absolute Gasteiger partial charge is 0.452 e. The predicted molar refractivity (Wildman–Crippen MR) is 75.3 cm³/mol. The molecule has 21 heavy (non-hydrogen) atoms. The zero-order chi connectivity index (χ0) is 15.4. The van der Waals surface area contributed by atoms with Crippen LogP contribution in [0.5, 0.6) is 11.5 Å². The van der Waals surface area contributed by atoms with Crippen LogP contribution in [0.15, 0.2) is 36.4 Å². The molecule has 0 aromatic heterocycles. The fourth-order valence-electron chi connectivity index (χ4n) is 1.70. The molecule has 0 atom stereocenters. The van der Waals surface area contributed by atoms with Gasteiger partial charge in [-0.25, -0.2) is 8.78 Å². The lowest BCUT2D eigenvalue weighted by molar-refractivity contribution is 0.0955. The van der Waals surface area contributed by atoms with E-state index in [1.807, 2.05) is 0 Å². The van der Waals surface area contributed by atoms with Gasteiger partial charge in [0.2, 0.25) is 0 Å². The first-order valence-electron chi connectivity index (χ1n) is 6.32. The van der Waals surface area contributed by atoms with Crippen LogP contribution in [0, 0.1) is 11.6 Å². The lowest BCUT2D eigenvalue weighted by Gasteiger charge is -2.11. The summed E-state index contributed by atoms with van der Waals surface area (Å²) in [7, 11) is 0. The average molecular weight is 292 g/mol. The number of nitrogens with two attached hydrogens (primary N) is 1. The molecular formula is C15H14F2N2O2. The highest BCUT2D eigenvalue weighted by Gasteiger charge is 2.12. The third kappa shape index (κ3) is 3.47. The number of hydrogen-bond acceptors (Lipinski definition) is 3. The molecule has 0 aliphatic carbocycles. The predicted octanol–water partition coefficient (Wildman–Crippen LogP) is 3.09. The Labute approximate surface area is 120 Å². The quantitative estimate of drug-likeness (QED) is 0.851. The molecule has 4 nitrogen and oxygen atoms in total. The summed E-state index contributed by atoms with van der Waals surface area (Å²) in [5, 5.41) is 2.63. The Balaban J connectivity index is 2.30. The van der Waals surface area contributed by atoms with Gasteiger partial charge in [0.15, 0.2) is 17.3 Å². The number of nitrogens with one attached hydrogen (secondary N) is 1. The van der Waals surface area contributed by atoms with Crippen molar-refractivity contribution in [3.8, 4) is 11.5 Å². The highest BCUT2D eigenvalue weighted by atomic mass is 19.1. The minimum Gasteiger partial charge on any atom is -0.452 e. The molecule has 0 unspecified atom stereocenters. The van der Waals surface area contributed by atoms with E-state index in [2.05, 4.69) is 5.32 Å². The third-order valence-corrected chi connectivity index (χ3v) is 2.73. The second-order valence-electron chi connectivity index (χ2n) is 4.29. The summed E-state index contributed by atoms with van der Waals surface area (Å²) in [6.07, 6.45) is 0. The molecule has 0 bridgehead atoms. The number of hydrogen-bond donors (Lipinski definition) is 2. The van der Waals surface area contributed by atoms with Gasteiger partial charge >= 0.3 is 0 Å². The summed E-state index contributed by atoms with van der Waals surface area (Å²) in [6, 6.07) is 7.36. The number of carbonyl (C=O) groups excluding carboxylic acids is 1. The van der Waals surface area contributed by atoms with E-state index in [9.17, 15) is 13.6 Å². The first-order valence-corrected chi connectivity index (χ1v) is 6.32. The second-order valence-corrected chi connectivity index (χ2v) is 4.29. The van der Waals surface area contributed by atoms with Gasteiger partial charge in [-0.05, 0) is 37.3 Å². The zero-order valence-corrected chi connectivity index (χ0v) is 11.3. The Morgan fingerprint density at radius 2 is 1.95 bits per heavy atom. The molecule has 2 rings (SSSR count). The summed E-state index contributed by atoms with van der Waals surface area (Å²) in [6.45, 7) is 2.27. The number of rotatable bonds is 4. The van der Waals surface area contributed by atoms with Crippen LogP contribution in [0.25, 0.3) is 0 Å². The maximum absolute atomic E-state index is 13.6. The van der Waals surface area contributed by atoms with Gasteiger partial charge in [-0.15, -0.1) is 0 Å². The molecule has 6 heteroatoms. The Bertz CT molecular complexity index is 675. The standard InChI is InChI=1S/C15H14F2N2O2/c1-2-19-15(20)9-3-5-12(18)14(7-9)21-13-6-4-10(16)8-11(13)17/h3-8H,2,18H2,1H3,(H,19,20). The van der Waals surface area contributed by atoms with E-state index < -0.39 is 11.6 Å². The number of anilines is 1. The van der Waals surface area contributed by atoms with Gasteiger partial charge in [-0.2, -0.15) is 0 Å². The molecule has 0 saturated carbocycles. The molecule has 3 N–H and O–H groups in total. The minimum atomic E-state index is -0.849. The fourth-order valence-corrected chi connectivity index (χ4v) is 1.70. The highest BCUT2D eigenvalue weighted by molar-refractivity contribution is 5.95. The van der Waals surface area contributed by atoms with Crippen LogP contribution >= 0.6 is 0 Å². The van der Waals surface area contributed by atoms with Crippen molar-refractivity contribution in [2.75, 3.05) is 12.3 Å². The van der Waals surface area contributed by atoms with Gasteiger partial charge in [-0.3, -0.25) is 4.79 Å². The molecule has 2 aromatic rings. The summed E-state index contributed by atoms with van der Waals surface area (Å²) < 4.78 is 31.7. The summed E-state index contributed by atoms with van der Waals surface area (Å²) >= 11 is 0. The van der Waals surface area contributed by atoms with Gasteiger partial charge in [0.25, 0.3) is 5.91 Å². The van der Waals surface area contributed by atoms with Crippen LogP contribution in [0.3, 0.4) is 0 Å². The van der Waals surface area contributed by atoms with Crippen molar-refractivity contribution < 1.29 is 18.3 Å². The molecular weight excluding hydrogens is 278 g/mol. The van der Waals surface area contributed by atoms with Gasteiger partial charge in [-0.1, -0.05) is 0 Å². The molecule has 0 spiro atoms. The van der Waals surface area contributed by atoms with Crippen LogP contribution in [0.1, 0.15) is 17.3 Å². The smallest absolute Gasteiger partial charge is 0.251 e. The molecule has 110 valence electrons. The monoisotopic (exact) mass is 292 g/mol. The number of ether oxygens (including phenoxy) is 1. The van der Waals surface area contributed by atoms with Crippen molar-refractivity contribution in [3.63, 3.8) is 0 Å². The molecule has 0 aliphatic heterocycles. The number of nitrogen functional groups attached to an aromatic ring is 1. The molecule has 2 aromatic carbocycles. The minimum absolute atomic E-state index is 0.129. The second kappa shape index (κ2) is 6.21. The topological polar surface area (TPSA) is 64.4 Å². The van der Waals surface area contributed by atoms with E-state index >= 15 is 0 Å². The number of amides is 1. The van der Waals surface area contributed by atoms with E-state index in [-0.39, 0.29) is 23.1 Å². The Kier molecular flexibility index (Phi) is 4.37. The van der Waals surface area contributed by atoms with Crippen molar-refractivity contribution >= 4 is 11.6 Å².